The van der Waals surface area contributed by atoms with Crippen LogP contribution in [0.3, 0.4) is 0 Å². The van der Waals surface area contributed by atoms with E-state index >= 15 is 0 Å². The van der Waals surface area contributed by atoms with Crippen LogP contribution in [0.2, 0.25) is 0 Å². The Hall–Kier alpha value is -2.73. The summed E-state index contributed by atoms with van der Waals surface area (Å²) in [6.07, 6.45) is -1.66. The second kappa shape index (κ2) is 12.8. The van der Waals surface area contributed by atoms with Gasteiger partial charge in [-0.2, -0.15) is 0 Å². The molecule has 0 aromatic rings. The number of nitrogens with two attached hydrogens (primary N) is 1. The van der Waals surface area contributed by atoms with Crippen LogP contribution in [0.1, 0.15) is 47.5 Å². The van der Waals surface area contributed by atoms with E-state index in [1.807, 2.05) is 12.2 Å². The molecule has 0 aliphatic rings. The first-order valence-corrected chi connectivity index (χ1v) is 10.0. The number of hydrogen-bond acceptors (Lipinski definition) is 7. The van der Waals surface area contributed by atoms with E-state index in [1.54, 1.807) is 20.8 Å². The molecule has 0 aliphatic carbocycles. The third-order valence-electron chi connectivity index (χ3n) is 4.86. The van der Waals surface area contributed by atoms with Crippen molar-refractivity contribution in [1.29, 1.82) is 0 Å². The van der Waals surface area contributed by atoms with E-state index in [0.29, 0.717) is 6.42 Å². The Bertz CT molecular complexity index is 667. The maximum Gasteiger partial charge on any atom is 0.328 e. The third kappa shape index (κ3) is 9.30. The Labute approximate surface area is 180 Å². The number of rotatable bonds is 13. The standard InChI is InChI=1S/C19H34N4O8/c1-6-9(4)13(20)17(28)22-14(8(2)3)18(29)21-11(7-12(25)26)16(27)23-15(10(5)24)19(30)31/h8-11,13-15,24H,6-7,20H2,1-5H3,(H,21,29)(H,22,28)(H,23,27)(H,25,26)(H,30,31). The smallest absolute Gasteiger partial charge is 0.328 e. The minimum atomic E-state index is -1.70. The summed E-state index contributed by atoms with van der Waals surface area (Å²) in [5.74, 6) is -6.02. The zero-order valence-electron chi connectivity index (χ0n) is 18.4. The quantitative estimate of drug-likeness (QED) is 0.174. The van der Waals surface area contributed by atoms with Gasteiger partial charge in [-0.1, -0.05) is 34.1 Å². The molecule has 0 bridgehead atoms. The molecule has 6 unspecified atom stereocenters. The molecule has 0 heterocycles. The minimum Gasteiger partial charge on any atom is -0.481 e. The monoisotopic (exact) mass is 446 g/mol. The van der Waals surface area contributed by atoms with Crippen molar-refractivity contribution in [1.82, 2.24) is 16.0 Å². The van der Waals surface area contributed by atoms with Gasteiger partial charge in [-0.15, -0.1) is 0 Å². The topological polar surface area (TPSA) is 208 Å². The lowest BCUT2D eigenvalue weighted by molar-refractivity contribution is -0.146. The van der Waals surface area contributed by atoms with E-state index in [4.69, 9.17) is 15.9 Å². The number of aliphatic hydroxyl groups excluding tert-OH is 1. The van der Waals surface area contributed by atoms with Crippen molar-refractivity contribution in [2.75, 3.05) is 0 Å². The molecule has 3 amide bonds. The maximum absolute atomic E-state index is 12.7. The number of aliphatic carboxylic acids is 2. The third-order valence-corrected chi connectivity index (χ3v) is 4.86. The second-order valence-corrected chi connectivity index (χ2v) is 7.87. The summed E-state index contributed by atoms with van der Waals surface area (Å²) in [5, 5.41) is 34.4. The number of carbonyl (C=O) groups excluding carboxylic acids is 3. The number of hydrogen-bond donors (Lipinski definition) is 7. The van der Waals surface area contributed by atoms with E-state index in [2.05, 4.69) is 10.6 Å². The Balaban J connectivity index is 5.49. The fourth-order valence-corrected chi connectivity index (χ4v) is 2.58. The number of aliphatic hydroxyl groups is 1. The molecule has 0 radical (unpaired) electrons. The number of nitrogens with one attached hydrogen (secondary N) is 3. The molecule has 0 aliphatic heterocycles. The summed E-state index contributed by atoms with van der Waals surface area (Å²) in [4.78, 5) is 59.8. The lowest BCUT2D eigenvalue weighted by Crippen LogP contribution is -2.60. The zero-order chi connectivity index (χ0) is 24.5. The Morgan fingerprint density at radius 3 is 1.74 bits per heavy atom. The van der Waals surface area contributed by atoms with Gasteiger partial charge in [0.1, 0.15) is 12.1 Å². The number of carbonyl (C=O) groups is 5. The van der Waals surface area contributed by atoms with E-state index in [-0.39, 0.29) is 5.92 Å². The molecular weight excluding hydrogens is 412 g/mol. The van der Waals surface area contributed by atoms with Crippen LogP contribution in [0.5, 0.6) is 0 Å². The first-order valence-electron chi connectivity index (χ1n) is 10.0. The molecule has 0 aromatic heterocycles. The number of amides is 3. The first kappa shape index (κ1) is 28.3. The van der Waals surface area contributed by atoms with Gasteiger partial charge in [0.05, 0.1) is 18.6 Å². The molecule has 12 nitrogen and oxygen atoms in total. The van der Waals surface area contributed by atoms with Crippen molar-refractivity contribution in [3.63, 3.8) is 0 Å². The number of carboxylic acid groups (broad SMARTS) is 2. The SMILES string of the molecule is CCC(C)C(N)C(=O)NC(C(=O)NC(CC(=O)O)C(=O)NC(C(=O)O)C(C)O)C(C)C. The highest BCUT2D eigenvalue weighted by molar-refractivity contribution is 5.95. The summed E-state index contributed by atoms with van der Waals surface area (Å²) >= 11 is 0. The van der Waals surface area contributed by atoms with E-state index in [1.165, 1.54) is 0 Å². The van der Waals surface area contributed by atoms with Crippen molar-refractivity contribution in [3.05, 3.63) is 0 Å². The second-order valence-electron chi connectivity index (χ2n) is 7.87. The van der Waals surface area contributed by atoms with Crippen LogP contribution in [0.4, 0.5) is 0 Å². The van der Waals surface area contributed by atoms with Crippen molar-refractivity contribution >= 4 is 29.7 Å². The maximum atomic E-state index is 12.7. The van der Waals surface area contributed by atoms with Crippen molar-refractivity contribution in [2.24, 2.45) is 17.6 Å². The van der Waals surface area contributed by atoms with Gasteiger partial charge in [-0.05, 0) is 18.8 Å². The summed E-state index contributed by atoms with van der Waals surface area (Å²) in [6.45, 7) is 8.05. The molecule has 0 rings (SSSR count). The zero-order valence-corrected chi connectivity index (χ0v) is 18.4. The largest absolute Gasteiger partial charge is 0.481 e. The predicted octanol–water partition coefficient (Wildman–Crippen LogP) is -1.59. The fraction of sp³-hybridized carbons (Fsp3) is 0.737. The van der Waals surface area contributed by atoms with Crippen LogP contribution in [-0.4, -0.2) is 75.3 Å². The Kier molecular flexibility index (Phi) is 11.7. The summed E-state index contributed by atoms with van der Waals surface area (Å²) in [5.41, 5.74) is 5.88. The molecule has 8 N–H and O–H groups in total. The average Bonchev–Trinajstić information content (AvgIpc) is 2.66. The molecule has 0 saturated heterocycles. The molecular formula is C19H34N4O8. The van der Waals surface area contributed by atoms with E-state index in [0.717, 1.165) is 6.92 Å². The summed E-state index contributed by atoms with van der Waals surface area (Å²) < 4.78 is 0. The van der Waals surface area contributed by atoms with Gasteiger partial charge in [0.2, 0.25) is 17.7 Å². The van der Waals surface area contributed by atoms with Crippen LogP contribution < -0.4 is 21.7 Å². The van der Waals surface area contributed by atoms with Crippen LogP contribution >= 0.6 is 0 Å². The van der Waals surface area contributed by atoms with Crippen LogP contribution in [-0.2, 0) is 24.0 Å². The van der Waals surface area contributed by atoms with Gasteiger partial charge in [0.25, 0.3) is 0 Å². The average molecular weight is 447 g/mol. The summed E-state index contributed by atoms with van der Waals surface area (Å²) in [7, 11) is 0. The van der Waals surface area contributed by atoms with Crippen molar-refractivity contribution < 1.29 is 39.3 Å². The minimum absolute atomic E-state index is 0.144. The molecule has 6 atom stereocenters. The molecule has 0 fully saturated rings. The predicted molar refractivity (Wildman–Crippen MR) is 110 cm³/mol. The fourth-order valence-electron chi connectivity index (χ4n) is 2.58. The summed E-state index contributed by atoms with van der Waals surface area (Å²) in [6, 6.07) is -5.31. The van der Waals surface area contributed by atoms with Gasteiger partial charge < -0.3 is 37.0 Å². The Morgan fingerprint density at radius 1 is 0.839 bits per heavy atom. The van der Waals surface area contributed by atoms with Crippen LogP contribution in [0.25, 0.3) is 0 Å². The lowest BCUT2D eigenvalue weighted by Gasteiger charge is -2.27. The van der Waals surface area contributed by atoms with Gasteiger partial charge in [0.15, 0.2) is 6.04 Å². The van der Waals surface area contributed by atoms with Gasteiger partial charge in [0, 0.05) is 0 Å². The van der Waals surface area contributed by atoms with E-state index < -0.39 is 72.3 Å². The lowest BCUT2D eigenvalue weighted by atomic mass is 9.97. The highest BCUT2D eigenvalue weighted by Gasteiger charge is 2.34. The molecule has 0 aromatic carbocycles. The molecule has 0 saturated carbocycles. The Morgan fingerprint density at radius 2 is 1.35 bits per heavy atom. The van der Waals surface area contributed by atoms with Gasteiger partial charge in [-0.3, -0.25) is 19.2 Å². The molecule has 31 heavy (non-hydrogen) atoms. The van der Waals surface area contributed by atoms with Crippen molar-refractivity contribution in [2.45, 2.75) is 77.7 Å². The first-order chi connectivity index (χ1) is 14.2. The van der Waals surface area contributed by atoms with Crippen LogP contribution in [0, 0.1) is 11.8 Å². The van der Waals surface area contributed by atoms with Crippen LogP contribution in [0.15, 0.2) is 0 Å². The highest BCUT2D eigenvalue weighted by Crippen LogP contribution is 2.09. The number of carboxylic acids is 2. The molecule has 12 heteroatoms. The highest BCUT2D eigenvalue weighted by atomic mass is 16.4. The molecule has 178 valence electrons. The van der Waals surface area contributed by atoms with Gasteiger partial charge >= 0.3 is 11.9 Å². The normalized spacial score (nSPS) is 16.9. The van der Waals surface area contributed by atoms with Crippen molar-refractivity contribution in [3.8, 4) is 0 Å². The van der Waals surface area contributed by atoms with Gasteiger partial charge in [-0.25, -0.2) is 4.79 Å². The van der Waals surface area contributed by atoms with E-state index in [9.17, 15) is 29.1 Å². The molecule has 0 spiro atoms.